The van der Waals surface area contributed by atoms with Crippen molar-refractivity contribution in [3.05, 3.63) is 33.1 Å². The Bertz CT molecular complexity index is 370. The van der Waals surface area contributed by atoms with Crippen LogP contribution in [0.25, 0.3) is 0 Å². The predicted octanol–water partition coefficient (Wildman–Crippen LogP) is 2.57. The van der Waals surface area contributed by atoms with E-state index in [2.05, 4.69) is 5.32 Å². The van der Waals surface area contributed by atoms with Crippen molar-refractivity contribution < 1.29 is 9.18 Å². The van der Waals surface area contributed by atoms with Crippen molar-refractivity contribution in [2.45, 2.75) is 12.8 Å². The maximum atomic E-state index is 13.4. The fraction of sp³-hybridized carbons (Fsp3) is 0.364. The van der Waals surface area contributed by atoms with Crippen molar-refractivity contribution in [2.24, 2.45) is 5.92 Å². The average Bonchev–Trinajstić information content (AvgIpc) is 2.97. The van der Waals surface area contributed by atoms with Crippen LogP contribution in [-0.2, 0) is 0 Å². The SMILES string of the molecule is O=C(NCC1CC1)c1c(F)cccc1I. The number of hydrogen-bond donors (Lipinski definition) is 1. The molecule has 15 heavy (non-hydrogen) atoms. The van der Waals surface area contributed by atoms with Gasteiger partial charge in [0.05, 0.1) is 5.56 Å². The first-order chi connectivity index (χ1) is 7.18. The molecule has 2 nitrogen and oxygen atoms in total. The molecule has 0 radical (unpaired) electrons. The molecule has 0 aliphatic heterocycles. The number of amides is 1. The lowest BCUT2D eigenvalue weighted by atomic mass is 10.2. The second-order valence-electron chi connectivity index (χ2n) is 3.75. The van der Waals surface area contributed by atoms with Crippen LogP contribution >= 0.6 is 22.6 Å². The second kappa shape index (κ2) is 4.47. The summed E-state index contributed by atoms with van der Waals surface area (Å²) in [4.78, 5) is 11.7. The second-order valence-corrected chi connectivity index (χ2v) is 4.91. The molecular formula is C11H11FINO. The van der Waals surface area contributed by atoms with Gasteiger partial charge in [-0.25, -0.2) is 4.39 Å². The van der Waals surface area contributed by atoms with E-state index >= 15 is 0 Å². The Morgan fingerprint density at radius 2 is 2.27 bits per heavy atom. The quantitative estimate of drug-likeness (QED) is 0.853. The highest BCUT2D eigenvalue weighted by molar-refractivity contribution is 14.1. The van der Waals surface area contributed by atoms with Gasteiger partial charge in [0.15, 0.2) is 0 Å². The molecule has 0 heterocycles. The van der Waals surface area contributed by atoms with Gasteiger partial charge in [-0.05, 0) is 53.5 Å². The molecule has 1 amide bonds. The van der Waals surface area contributed by atoms with Gasteiger partial charge in [0.2, 0.25) is 0 Å². The predicted molar refractivity (Wildman–Crippen MR) is 64.2 cm³/mol. The first-order valence-corrected chi connectivity index (χ1v) is 5.98. The van der Waals surface area contributed by atoms with Crippen LogP contribution in [0.3, 0.4) is 0 Å². The van der Waals surface area contributed by atoms with Gasteiger partial charge >= 0.3 is 0 Å². The van der Waals surface area contributed by atoms with E-state index in [0.717, 1.165) is 0 Å². The number of halogens is 2. The molecule has 1 aromatic carbocycles. The van der Waals surface area contributed by atoms with E-state index in [-0.39, 0.29) is 11.5 Å². The van der Waals surface area contributed by atoms with Crippen molar-refractivity contribution in [1.82, 2.24) is 5.32 Å². The van der Waals surface area contributed by atoms with Crippen LogP contribution in [0.4, 0.5) is 4.39 Å². The normalized spacial score (nSPS) is 15.1. The van der Waals surface area contributed by atoms with E-state index in [4.69, 9.17) is 0 Å². The Morgan fingerprint density at radius 3 is 2.87 bits per heavy atom. The number of hydrogen-bond acceptors (Lipinski definition) is 1. The molecule has 0 atom stereocenters. The van der Waals surface area contributed by atoms with Crippen molar-refractivity contribution in [3.8, 4) is 0 Å². The summed E-state index contributed by atoms with van der Waals surface area (Å²) >= 11 is 1.97. The molecule has 1 aliphatic carbocycles. The molecule has 0 spiro atoms. The molecule has 0 unspecified atom stereocenters. The van der Waals surface area contributed by atoms with E-state index in [1.54, 1.807) is 12.1 Å². The molecule has 1 aliphatic rings. The third kappa shape index (κ3) is 2.68. The lowest BCUT2D eigenvalue weighted by Crippen LogP contribution is -2.27. The van der Waals surface area contributed by atoms with E-state index in [1.165, 1.54) is 18.9 Å². The fourth-order valence-electron chi connectivity index (χ4n) is 1.36. The maximum absolute atomic E-state index is 13.4. The highest BCUT2D eigenvalue weighted by atomic mass is 127. The number of nitrogens with one attached hydrogen (secondary N) is 1. The van der Waals surface area contributed by atoms with Crippen LogP contribution in [0, 0.1) is 15.3 Å². The molecule has 4 heteroatoms. The van der Waals surface area contributed by atoms with Crippen LogP contribution < -0.4 is 5.32 Å². The third-order valence-corrected chi connectivity index (χ3v) is 3.34. The van der Waals surface area contributed by atoms with Crippen molar-refractivity contribution >= 4 is 28.5 Å². The summed E-state index contributed by atoms with van der Waals surface area (Å²) in [5.41, 5.74) is 0.166. The van der Waals surface area contributed by atoms with Crippen molar-refractivity contribution in [3.63, 3.8) is 0 Å². The molecule has 1 fully saturated rings. The first kappa shape index (κ1) is 10.9. The van der Waals surface area contributed by atoms with Gasteiger partial charge in [0.1, 0.15) is 5.82 Å². The topological polar surface area (TPSA) is 29.1 Å². The summed E-state index contributed by atoms with van der Waals surface area (Å²) in [6, 6.07) is 4.65. The van der Waals surface area contributed by atoms with Gasteiger partial charge in [-0.2, -0.15) is 0 Å². The van der Waals surface area contributed by atoms with Crippen LogP contribution in [-0.4, -0.2) is 12.5 Å². The summed E-state index contributed by atoms with van der Waals surface area (Å²) in [5.74, 6) is -0.141. The van der Waals surface area contributed by atoms with Gasteiger partial charge in [-0.3, -0.25) is 4.79 Å². The summed E-state index contributed by atoms with van der Waals surface area (Å²) < 4.78 is 14.0. The zero-order chi connectivity index (χ0) is 10.8. The summed E-state index contributed by atoms with van der Waals surface area (Å²) in [7, 11) is 0. The van der Waals surface area contributed by atoms with Gasteiger partial charge < -0.3 is 5.32 Å². The van der Waals surface area contributed by atoms with Crippen LogP contribution in [0.1, 0.15) is 23.2 Å². The third-order valence-electron chi connectivity index (χ3n) is 2.44. The Balaban J connectivity index is 2.09. The largest absolute Gasteiger partial charge is 0.352 e. The molecular weight excluding hydrogens is 308 g/mol. The summed E-state index contributed by atoms with van der Waals surface area (Å²) in [6.07, 6.45) is 2.35. The monoisotopic (exact) mass is 319 g/mol. The molecule has 1 N–H and O–H groups in total. The lowest BCUT2D eigenvalue weighted by molar-refractivity contribution is 0.0947. The standard InChI is InChI=1S/C11H11FINO/c12-8-2-1-3-9(13)10(8)11(15)14-6-7-4-5-7/h1-3,7H,4-6H2,(H,14,15). The number of carbonyl (C=O) groups is 1. The van der Waals surface area contributed by atoms with Crippen molar-refractivity contribution in [1.29, 1.82) is 0 Å². The number of benzene rings is 1. The Labute approximate surface area is 101 Å². The molecule has 1 aromatic rings. The minimum Gasteiger partial charge on any atom is -0.352 e. The van der Waals surface area contributed by atoms with Gasteiger partial charge in [-0.15, -0.1) is 0 Å². The van der Waals surface area contributed by atoms with Gasteiger partial charge in [0, 0.05) is 10.1 Å². The molecule has 0 aromatic heterocycles. The minimum atomic E-state index is -0.449. The van der Waals surface area contributed by atoms with Crippen molar-refractivity contribution in [2.75, 3.05) is 6.54 Å². The highest BCUT2D eigenvalue weighted by Crippen LogP contribution is 2.27. The molecule has 0 bridgehead atoms. The highest BCUT2D eigenvalue weighted by Gasteiger charge is 2.23. The maximum Gasteiger partial charge on any atom is 0.255 e. The smallest absolute Gasteiger partial charge is 0.255 e. The fourth-order valence-corrected chi connectivity index (χ4v) is 2.07. The number of carbonyl (C=O) groups excluding carboxylic acids is 1. The molecule has 0 saturated heterocycles. The summed E-state index contributed by atoms with van der Waals surface area (Å²) in [6.45, 7) is 0.670. The Morgan fingerprint density at radius 1 is 1.53 bits per heavy atom. The first-order valence-electron chi connectivity index (χ1n) is 4.90. The van der Waals surface area contributed by atoms with Crippen LogP contribution in [0.2, 0.25) is 0 Å². The zero-order valence-electron chi connectivity index (χ0n) is 8.09. The average molecular weight is 319 g/mol. The van der Waals surface area contributed by atoms with E-state index < -0.39 is 5.82 Å². The van der Waals surface area contributed by atoms with E-state index in [1.807, 2.05) is 22.6 Å². The van der Waals surface area contributed by atoms with Crippen LogP contribution in [0.5, 0.6) is 0 Å². The molecule has 2 rings (SSSR count). The Kier molecular flexibility index (Phi) is 3.23. The van der Waals surface area contributed by atoms with Gasteiger partial charge in [0.25, 0.3) is 5.91 Å². The van der Waals surface area contributed by atoms with E-state index in [0.29, 0.717) is 16.0 Å². The Hall–Kier alpha value is -0.650. The lowest BCUT2D eigenvalue weighted by Gasteiger charge is -2.06. The van der Waals surface area contributed by atoms with Crippen LogP contribution in [0.15, 0.2) is 18.2 Å². The zero-order valence-corrected chi connectivity index (χ0v) is 10.3. The van der Waals surface area contributed by atoms with E-state index in [9.17, 15) is 9.18 Å². The summed E-state index contributed by atoms with van der Waals surface area (Å²) in [5, 5.41) is 2.76. The molecule has 1 saturated carbocycles. The molecule has 80 valence electrons. The minimum absolute atomic E-state index is 0.166. The number of rotatable bonds is 3. The van der Waals surface area contributed by atoms with Gasteiger partial charge in [-0.1, -0.05) is 6.07 Å².